The third-order valence-electron chi connectivity index (χ3n) is 4.99. The maximum atomic E-state index is 12.3. The fraction of sp³-hybridized carbons (Fsp3) is 0.588. The summed E-state index contributed by atoms with van der Waals surface area (Å²) in [4.78, 5) is 12.3. The molecule has 1 saturated heterocycles. The van der Waals surface area contributed by atoms with E-state index in [9.17, 15) is 4.79 Å². The van der Waals surface area contributed by atoms with Crippen LogP contribution in [0.3, 0.4) is 0 Å². The van der Waals surface area contributed by atoms with Gasteiger partial charge in [-0.1, -0.05) is 18.2 Å². The van der Waals surface area contributed by atoms with Crippen LogP contribution in [0.2, 0.25) is 0 Å². The number of nitrogens with one attached hydrogen (secondary N) is 2. The van der Waals surface area contributed by atoms with Crippen molar-refractivity contribution in [2.75, 3.05) is 26.7 Å². The van der Waals surface area contributed by atoms with E-state index in [0.717, 1.165) is 50.1 Å². The molecule has 1 aromatic rings. The molecular formula is C17H24N2O2. The second-order valence-corrected chi connectivity index (χ2v) is 6.22. The number of carbonyl (C=O) groups excluding carboxylic acids is 1. The second kappa shape index (κ2) is 6.06. The van der Waals surface area contributed by atoms with Crippen LogP contribution in [0, 0.1) is 11.3 Å². The predicted molar refractivity (Wildman–Crippen MR) is 82.4 cm³/mol. The number of rotatable bonds is 5. The summed E-state index contributed by atoms with van der Waals surface area (Å²) in [5.74, 6) is 1.39. The highest BCUT2D eigenvalue weighted by atomic mass is 16.5. The summed E-state index contributed by atoms with van der Waals surface area (Å²) in [6.45, 7) is 2.81. The van der Waals surface area contributed by atoms with Gasteiger partial charge in [0.05, 0.1) is 7.11 Å². The molecule has 2 N–H and O–H groups in total. The molecule has 3 rings (SSSR count). The van der Waals surface area contributed by atoms with Crippen LogP contribution in [0.15, 0.2) is 24.3 Å². The lowest BCUT2D eigenvalue weighted by Gasteiger charge is -2.23. The first-order valence-corrected chi connectivity index (χ1v) is 7.85. The minimum absolute atomic E-state index is 0.242. The molecular weight excluding hydrogens is 264 g/mol. The minimum Gasteiger partial charge on any atom is -0.496 e. The zero-order valence-electron chi connectivity index (χ0n) is 12.7. The highest BCUT2D eigenvalue weighted by molar-refractivity contribution is 5.82. The van der Waals surface area contributed by atoms with Gasteiger partial charge in [0, 0.05) is 12.5 Å². The van der Waals surface area contributed by atoms with Gasteiger partial charge in [0.2, 0.25) is 5.91 Å². The molecule has 114 valence electrons. The number of methoxy groups -OCH3 is 1. The SMILES string of the molecule is COc1ccccc1CCNC(=O)C1CC12CCNCC2. The number of piperidine rings is 1. The van der Waals surface area contributed by atoms with E-state index >= 15 is 0 Å². The molecule has 1 atom stereocenters. The van der Waals surface area contributed by atoms with Crippen molar-refractivity contribution in [2.24, 2.45) is 11.3 Å². The van der Waals surface area contributed by atoms with E-state index in [0.29, 0.717) is 12.0 Å². The number of hydrogen-bond acceptors (Lipinski definition) is 3. The molecule has 1 aliphatic heterocycles. The summed E-state index contributed by atoms with van der Waals surface area (Å²) in [5, 5.41) is 6.47. The maximum absolute atomic E-state index is 12.3. The summed E-state index contributed by atoms with van der Waals surface area (Å²) in [6.07, 6.45) is 4.20. The highest BCUT2D eigenvalue weighted by Crippen LogP contribution is 2.58. The van der Waals surface area contributed by atoms with Gasteiger partial charge in [-0.05, 0) is 55.8 Å². The van der Waals surface area contributed by atoms with Gasteiger partial charge in [0.1, 0.15) is 5.75 Å². The maximum Gasteiger partial charge on any atom is 0.223 e. The van der Waals surface area contributed by atoms with Gasteiger partial charge in [-0.15, -0.1) is 0 Å². The van der Waals surface area contributed by atoms with Crippen molar-refractivity contribution in [1.82, 2.24) is 10.6 Å². The molecule has 4 nitrogen and oxygen atoms in total. The molecule has 2 fully saturated rings. The summed E-state index contributed by atoms with van der Waals surface area (Å²) in [7, 11) is 1.68. The van der Waals surface area contributed by atoms with Crippen molar-refractivity contribution >= 4 is 5.91 Å². The standard InChI is InChI=1S/C17H24N2O2/c1-21-15-5-3-2-4-13(15)6-9-19-16(20)14-12-17(14)7-10-18-11-8-17/h2-5,14,18H,6-12H2,1H3,(H,19,20). The number of ether oxygens (including phenoxy) is 1. The van der Waals surface area contributed by atoms with Gasteiger partial charge >= 0.3 is 0 Å². The first kappa shape index (κ1) is 14.4. The van der Waals surface area contributed by atoms with Crippen molar-refractivity contribution in [3.63, 3.8) is 0 Å². The van der Waals surface area contributed by atoms with Gasteiger partial charge in [-0.25, -0.2) is 0 Å². The second-order valence-electron chi connectivity index (χ2n) is 6.22. The average Bonchev–Trinajstić information content (AvgIpc) is 3.21. The van der Waals surface area contributed by atoms with Crippen molar-refractivity contribution in [3.8, 4) is 5.75 Å². The summed E-state index contributed by atoms with van der Waals surface area (Å²) < 4.78 is 5.33. The van der Waals surface area contributed by atoms with E-state index in [1.807, 2.05) is 18.2 Å². The Labute approximate surface area is 126 Å². The van der Waals surface area contributed by atoms with Crippen LogP contribution in [0.25, 0.3) is 0 Å². The topological polar surface area (TPSA) is 50.4 Å². The van der Waals surface area contributed by atoms with E-state index in [2.05, 4.69) is 16.7 Å². The molecule has 2 aliphatic rings. The monoisotopic (exact) mass is 288 g/mol. The van der Waals surface area contributed by atoms with E-state index in [4.69, 9.17) is 4.74 Å². The van der Waals surface area contributed by atoms with E-state index < -0.39 is 0 Å². The molecule has 1 heterocycles. The van der Waals surface area contributed by atoms with Crippen molar-refractivity contribution in [3.05, 3.63) is 29.8 Å². The van der Waals surface area contributed by atoms with Gasteiger partial charge in [0.15, 0.2) is 0 Å². The normalized spacial score (nSPS) is 22.8. The van der Waals surface area contributed by atoms with Crippen molar-refractivity contribution in [2.45, 2.75) is 25.7 Å². The zero-order chi connectivity index (χ0) is 14.7. The van der Waals surface area contributed by atoms with Crippen LogP contribution >= 0.6 is 0 Å². The molecule has 1 saturated carbocycles. The minimum atomic E-state index is 0.242. The average molecular weight is 288 g/mol. The molecule has 1 aromatic carbocycles. The van der Waals surface area contributed by atoms with Crippen LogP contribution in [0.4, 0.5) is 0 Å². The van der Waals surface area contributed by atoms with Crippen LogP contribution < -0.4 is 15.4 Å². The molecule has 0 bridgehead atoms. The van der Waals surface area contributed by atoms with Crippen LogP contribution in [0.5, 0.6) is 5.75 Å². The lowest BCUT2D eigenvalue weighted by atomic mass is 9.92. The fourth-order valence-electron chi connectivity index (χ4n) is 3.55. The molecule has 1 aliphatic carbocycles. The van der Waals surface area contributed by atoms with Crippen molar-refractivity contribution < 1.29 is 9.53 Å². The third-order valence-corrected chi connectivity index (χ3v) is 4.99. The van der Waals surface area contributed by atoms with Gasteiger partial charge in [0.25, 0.3) is 0 Å². The molecule has 21 heavy (non-hydrogen) atoms. The third kappa shape index (κ3) is 3.05. The summed E-state index contributed by atoms with van der Waals surface area (Å²) in [5.41, 5.74) is 1.47. The van der Waals surface area contributed by atoms with Gasteiger partial charge in [-0.3, -0.25) is 4.79 Å². The Bertz CT molecular complexity index is 509. The molecule has 1 unspecified atom stereocenters. The molecule has 1 spiro atoms. The quantitative estimate of drug-likeness (QED) is 0.868. The smallest absolute Gasteiger partial charge is 0.223 e. The Morgan fingerprint density at radius 2 is 2.14 bits per heavy atom. The fourth-order valence-corrected chi connectivity index (χ4v) is 3.55. The lowest BCUT2D eigenvalue weighted by molar-refractivity contribution is -0.123. The Kier molecular flexibility index (Phi) is 4.15. The first-order chi connectivity index (χ1) is 10.2. The zero-order valence-corrected chi connectivity index (χ0v) is 12.7. The van der Waals surface area contributed by atoms with E-state index in [-0.39, 0.29) is 11.8 Å². The predicted octanol–water partition coefficient (Wildman–Crippen LogP) is 1.74. The summed E-state index contributed by atoms with van der Waals surface area (Å²) in [6, 6.07) is 7.98. The molecule has 0 aromatic heterocycles. The summed E-state index contributed by atoms with van der Waals surface area (Å²) >= 11 is 0. The number of benzene rings is 1. The molecule has 4 heteroatoms. The largest absolute Gasteiger partial charge is 0.496 e. The first-order valence-electron chi connectivity index (χ1n) is 7.85. The van der Waals surface area contributed by atoms with Crippen LogP contribution in [-0.4, -0.2) is 32.7 Å². The molecule has 1 amide bonds. The van der Waals surface area contributed by atoms with Crippen LogP contribution in [0.1, 0.15) is 24.8 Å². The van der Waals surface area contributed by atoms with E-state index in [1.165, 1.54) is 0 Å². The van der Waals surface area contributed by atoms with E-state index in [1.54, 1.807) is 7.11 Å². The van der Waals surface area contributed by atoms with Gasteiger partial charge < -0.3 is 15.4 Å². The Hall–Kier alpha value is -1.55. The van der Waals surface area contributed by atoms with Gasteiger partial charge in [-0.2, -0.15) is 0 Å². The molecule has 0 radical (unpaired) electrons. The highest BCUT2D eigenvalue weighted by Gasteiger charge is 2.57. The number of hydrogen-bond donors (Lipinski definition) is 2. The number of carbonyl (C=O) groups is 1. The Balaban J connectivity index is 1.47. The van der Waals surface area contributed by atoms with Crippen LogP contribution in [-0.2, 0) is 11.2 Å². The lowest BCUT2D eigenvalue weighted by Crippen LogP contribution is -2.34. The Morgan fingerprint density at radius 1 is 1.38 bits per heavy atom. The Morgan fingerprint density at radius 3 is 2.90 bits per heavy atom. The van der Waals surface area contributed by atoms with Crippen molar-refractivity contribution in [1.29, 1.82) is 0 Å². The number of amides is 1. The number of para-hydroxylation sites is 1.